The van der Waals surface area contributed by atoms with Crippen molar-refractivity contribution < 1.29 is 16.9 Å². The second kappa shape index (κ2) is 18.9. The maximum absolute atomic E-state index is 5.84. The predicted octanol–water partition coefficient (Wildman–Crippen LogP) is 3.79. The van der Waals surface area contributed by atoms with E-state index in [1.165, 1.54) is 96.4 Å². The van der Waals surface area contributed by atoms with Crippen LogP contribution in [0.5, 0.6) is 0 Å². The number of quaternary nitrogens is 1. The molecule has 0 unspecified atom stereocenters. The zero-order chi connectivity index (χ0) is 16.5. The minimum atomic E-state index is 0. The van der Waals surface area contributed by atoms with E-state index in [2.05, 4.69) is 21.0 Å². The smallest absolute Gasteiger partial charge is 0.0920 e. The van der Waals surface area contributed by atoms with Gasteiger partial charge in [0.2, 0.25) is 0 Å². The first-order valence-corrected chi connectivity index (χ1v) is 10.5. The van der Waals surface area contributed by atoms with Crippen molar-refractivity contribution in [3.63, 3.8) is 0 Å². The van der Waals surface area contributed by atoms with Crippen LogP contribution in [-0.4, -0.2) is 37.5 Å². The van der Waals surface area contributed by atoms with E-state index in [1.807, 2.05) is 0 Å². The fraction of sp³-hybridized carbons (Fsp3) is 1.00. The van der Waals surface area contributed by atoms with Crippen molar-refractivity contribution in [1.29, 1.82) is 0 Å². The van der Waals surface area contributed by atoms with Crippen molar-refractivity contribution in [2.45, 2.75) is 96.8 Å². The van der Waals surface area contributed by atoms with Gasteiger partial charge in [-0.3, -0.25) is 0 Å². The molecular weight excluding hydrogens is 325 g/mol. The molecule has 0 aliphatic rings. The second-order valence-electron chi connectivity index (χ2n) is 7.67. The summed E-state index contributed by atoms with van der Waals surface area (Å²) < 4.78 is 1.09. The Morgan fingerprint density at radius 3 is 1.26 bits per heavy atom. The summed E-state index contributed by atoms with van der Waals surface area (Å²) in [4.78, 5) is 0. The van der Waals surface area contributed by atoms with Crippen LogP contribution in [0.4, 0.5) is 0 Å². The van der Waals surface area contributed by atoms with Gasteiger partial charge in [0, 0.05) is 0 Å². The summed E-state index contributed by atoms with van der Waals surface area (Å²) in [6.45, 7) is 4.67. The quantitative estimate of drug-likeness (QED) is 0.208. The van der Waals surface area contributed by atoms with E-state index in [4.69, 9.17) is 11.6 Å². The summed E-state index contributed by atoms with van der Waals surface area (Å²) >= 11 is 5.84. The normalized spacial score (nSPS) is 11.5. The molecule has 23 heavy (non-hydrogen) atoms. The number of halogens is 2. The molecule has 0 N–H and O–H groups in total. The molecule has 0 radical (unpaired) electrons. The van der Waals surface area contributed by atoms with Crippen molar-refractivity contribution >= 4 is 11.6 Å². The Morgan fingerprint density at radius 1 is 0.565 bits per heavy atom. The number of unbranched alkanes of at least 4 members (excludes halogenated alkanes) is 13. The van der Waals surface area contributed by atoms with Gasteiger partial charge >= 0.3 is 0 Å². The highest BCUT2D eigenvalue weighted by Gasteiger charge is 2.12. The number of hydrogen-bond acceptors (Lipinski definition) is 0. The summed E-state index contributed by atoms with van der Waals surface area (Å²) in [5.41, 5.74) is 0. The van der Waals surface area contributed by atoms with E-state index in [-0.39, 0.29) is 12.4 Å². The van der Waals surface area contributed by atoms with E-state index in [0.717, 1.165) is 16.9 Å². The lowest BCUT2D eigenvalue weighted by molar-refractivity contribution is -0.888. The van der Waals surface area contributed by atoms with E-state index in [9.17, 15) is 0 Å². The van der Waals surface area contributed by atoms with Crippen LogP contribution in [0.1, 0.15) is 96.8 Å². The molecule has 3 heteroatoms. The molecule has 0 aliphatic heterocycles. The fourth-order valence-electron chi connectivity index (χ4n) is 3.07. The largest absolute Gasteiger partial charge is 1.00 e. The first kappa shape index (κ1) is 25.8. The van der Waals surface area contributed by atoms with E-state index in [0.29, 0.717) is 0 Å². The van der Waals surface area contributed by atoms with Gasteiger partial charge in [-0.2, -0.15) is 0 Å². The van der Waals surface area contributed by atoms with E-state index >= 15 is 0 Å². The molecule has 0 rings (SSSR count). The lowest BCUT2D eigenvalue weighted by Crippen LogP contribution is -3.00. The summed E-state index contributed by atoms with van der Waals surface area (Å²) in [5.74, 6) is 0.783. The van der Waals surface area contributed by atoms with Crippen molar-refractivity contribution in [2.75, 3.05) is 33.1 Å². The molecule has 0 aromatic rings. The van der Waals surface area contributed by atoms with E-state index < -0.39 is 0 Å². The highest BCUT2D eigenvalue weighted by atomic mass is 35.5. The summed E-state index contributed by atoms with van der Waals surface area (Å²) in [5, 5.41) is 0. The maximum atomic E-state index is 5.84. The fourth-order valence-corrected chi connectivity index (χ4v) is 3.53. The highest BCUT2D eigenvalue weighted by Crippen LogP contribution is 2.13. The Hall–Kier alpha value is 0.540. The lowest BCUT2D eigenvalue weighted by Gasteiger charge is -2.28. The molecule has 0 aliphatic carbocycles. The van der Waals surface area contributed by atoms with Crippen LogP contribution < -0.4 is 12.4 Å². The zero-order valence-corrected chi connectivity index (χ0v) is 17.7. The molecule has 0 saturated heterocycles. The van der Waals surface area contributed by atoms with Crippen molar-refractivity contribution in [1.82, 2.24) is 0 Å². The Kier molecular flexibility index (Phi) is 21.2. The van der Waals surface area contributed by atoms with Crippen LogP contribution in [0.2, 0.25) is 0 Å². The molecule has 0 amide bonds. The summed E-state index contributed by atoms with van der Waals surface area (Å²) in [7, 11) is 4.59. The van der Waals surface area contributed by atoms with Crippen LogP contribution in [0.15, 0.2) is 0 Å². The van der Waals surface area contributed by atoms with Gasteiger partial charge in [-0.15, -0.1) is 11.6 Å². The summed E-state index contributed by atoms with van der Waals surface area (Å²) in [6, 6.07) is 0. The topological polar surface area (TPSA) is 0 Å². The van der Waals surface area contributed by atoms with Crippen LogP contribution in [0.25, 0.3) is 0 Å². The second-order valence-corrected chi connectivity index (χ2v) is 8.05. The molecule has 142 valence electrons. The number of hydrogen-bond donors (Lipinski definition) is 0. The SMILES string of the molecule is CCCCCCCCCCCCCCCC[N+](C)(C)CCCl.[Cl-]. The molecule has 0 fully saturated rings. The Labute approximate surface area is 158 Å². The molecule has 0 saturated carbocycles. The third-order valence-corrected chi connectivity index (χ3v) is 4.98. The lowest BCUT2D eigenvalue weighted by atomic mass is 10.0. The number of nitrogens with zero attached hydrogens (tertiary/aromatic N) is 1. The monoisotopic (exact) mass is 367 g/mol. The maximum Gasteiger partial charge on any atom is 0.0920 e. The molecule has 0 spiro atoms. The molecule has 0 bridgehead atoms. The van der Waals surface area contributed by atoms with Crippen molar-refractivity contribution in [3.8, 4) is 0 Å². The molecule has 1 nitrogen and oxygen atoms in total. The standard InChI is InChI=1S/C20H43ClN.ClH/c1-4-5-6-7-8-9-10-11-12-13-14-15-16-17-19-22(2,3)20-18-21;/h4-20H2,1-3H3;1H/q+1;/p-1. The van der Waals surface area contributed by atoms with Gasteiger partial charge in [0.1, 0.15) is 0 Å². The van der Waals surface area contributed by atoms with Crippen LogP contribution in [-0.2, 0) is 0 Å². The number of rotatable bonds is 17. The van der Waals surface area contributed by atoms with Gasteiger partial charge in [0.05, 0.1) is 33.1 Å². The highest BCUT2D eigenvalue weighted by molar-refractivity contribution is 6.17. The molecule has 0 aromatic heterocycles. The van der Waals surface area contributed by atoms with Gasteiger partial charge < -0.3 is 16.9 Å². The first-order chi connectivity index (χ1) is 10.6. The average molecular weight is 368 g/mol. The zero-order valence-electron chi connectivity index (χ0n) is 16.2. The van der Waals surface area contributed by atoms with Crippen LogP contribution in [0, 0.1) is 0 Å². The van der Waals surface area contributed by atoms with Gasteiger partial charge in [0.25, 0.3) is 0 Å². The Balaban J connectivity index is 0. The van der Waals surface area contributed by atoms with Gasteiger partial charge in [-0.25, -0.2) is 0 Å². The predicted molar refractivity (Wildman–Crippen MR) is 103 cm³/mol. The average Bonchev–Trinajstić information content (AvgIpc) is 2.47. The minimum Gasteiger partial charge on any atom is -1.00 e. The van der Waals surface area contributed by atoms with Gasteiger partial charge in [0.15, 0.2) is 0 Å². The number of alkyl halides is 1. The molecule has 0 heterocycles. The Bertz CT molecular complexity index is 220. The Morgan fingerprint density at radius 2 is 0.913 bits per heavy atom. The van der Waals surface area contributed by atoms with Crippen LogP contribution in [0.3, 0.4) is 0 Å². The minimum absolute atomic E-state index is 0. The van der Waals surface area contributed by atoms with Gasteiger partial charge in [-0.05, 0) is 12.8 Å². The third-order valence-electron chi connectivity index (χ3n) is 4.81. The summed E-state index contributed by atoms with van der Waals surface area (Å²) in [6.07, 6.45) is 20.1. The third kappa shape index (κ3) is 20.5. The van der Waals surface area contributed by atoms with Crippen molar-refractivity contribution in [3.05, 3.63) is 0 Å². The molecule has 0 aromatic carbocycles. The van der Waals surface area contributed by atoms with Crippen molar-refractivity contribution in [2.24, 2.45) is 0 Å². The molecular formula is C20H43Cl2N. The molecule has 0 atom stereocenters. The van der Waals surface area contributed by atoms with Crippen LogP contribution >= 0.6 is 11.6 Å². The first-order valence-electron chi connectivity index (χ1n) is 10.0. The van der Waals surface area contributed by atoms with E-state index in [1.54, 1.807) is 0 Å². The van der Waals surface area contributed by atoms with Gasteiger partial charge in [-0.1, -0.05) is 84.0 Å².